The van der Waals surface area contributed by atoms with Crippen molar-refractivity contribution >= 4 is 21.8 Å². The minimum atomic E-state index is -3.71. The lowest BCUT2D eigenvalue weighted by Gasteiger charge is -2.31. The molecule has 50 heavy (non-hydrogen) atoms. The fourth-order valence-electron chi connectivity index (χ4n) is 5.55. The predicted octanol–water partition coefficient (Wildman–Crippen LogP) is 4.37. The molecule has 2 amide bonds. The molecule has 0 aromatic heterocycles. The van der Waals surface area contributed by atoms with E-state index in [1.807, 2.05) is 18.2 Å². The number of rotatable bonds is 15. The van der Waals surface area contributed by atoms with Gasteiger partial charge >= 0.3 is 0 Å². The molecule has 0 bridgehead atoms. The lowest BCUT2D eigenvalue weighted by Crippen LogP contribution is -2.45. The van der Waals surface area contributed by atoms with E-state index in [1.54, 1.807) is 56.7 Å². The molecule has 0 unspecified atom stereocenters. The second-order valence-corrected chi connectivity index (χ2v) is 13.4. The predicted molar refractivity (Wildman–Crippen MR) is 184 cm³/mol. The maximum Gasteiger partial charge on any atom is 0.261 e. The Balaban J connectivity index is 1.34. The zero-order valence-electron chi connectivity index (χ0n) is 27.9. The molecule has 11 nitrogen and oxygen atoms in total. The van der Waals surface area contributed by atoms with Crippen LogP contribution in [0.2, 0.25) is 0 Å². The molecule has 1 N–H and O–H groups in total. The monoisotopic (exact) mass is 705 g/mol. The molecule has 4 aromatic carbocycles. The number of nitrogens with one attached hydrogen (secondary N) is 1. The number of hydrogen-bond acceptors (Lipinski definition) is 8. The third kappa shape index (κ3) is 9.17. The third-order valence-corrected chi connectivity index (χ3v) is 10.1. The number of halogens is 1. The summed E-state index contributed by atoms with van der Waals surface area (Å²) in [6.45, 7) is 1.01. The summed E-state index contributed by atoms with van der Waals surface area (Å²) in [7, 11) is -0.596. The normalized spacial score (nSPS) is 14.0. The fourth-order valence-corrected chi connectivity index (χ4v) is 6.96. The summed E-state index contributed by atoms with van der Waals surface area (Å²) in [4.78, 5) is 29.4. The first kappa shape index (κ1) is 36.3. The molecule has 1 atom stereocenters. The third-order valence-electron chi connectivity index (χ3n) is 8.22. The van der Waals surface area contributed by atoms with Gasteiger partial charge in [-0.1, -0.05) is 48.5 Å². The van der Waals surface area contributed by atoms with Crippen LogP contribution < -0.4 is 19.5 Å². The van der Waals surface area contributed by atoms with E-state index in [9.17, 15) is 22.4 Å². The van der Waals surface area contributed by atoms with Crippen LogP contribution in [0.25, 0.3) is 0 Å². The Morgan fingerprint density at radius 3 is 2.20 bits per heavy atom. The molecule has 1 aliphatic heterocycles. The first-order chi connectivity index (χ1) is 24.2. The molecular formula is C37H40FN3O8S. The number of carbonyl (C=O) groups is 2. The molecule has 0 aliphatic carbocycles. The highest BCUT2D eigenvalue weighted by molar-refractivity contribution is 7.89. The van der Waals surface area contributed by atoms with Gasteiger partial charge in [-0.15, -0.1) is 0 Å². The van der Waals surface area contributed by atoms with Crippen molar-refractivity contribution in [2.45, 2.75) is 23.9 Å². The first-order valence-corrected chi connectivity index (χ1v) is 17.5. The molecule has 1 aliphatic rings. The van der Waals surface area contributed by atoms with E-state index >= 15 is 0 Å². The number of amides is 2. The molecule has 0 radical (unpaired) electrons. The summed E-state index contributed by atoms with van der Waals surface area (Å²) in [5, 5.41) is 2.97. The largest absolute Gasteiger partial charge is 0.493 e. The lowest BCUT2D eigenvalue weighted by molar-refractivity contribution is -0.143. The van der Waals surface area contributed by atoms with Gasteiger partial charge in [0, 0.05) is 26.2 Å². The van der Waals surface area contributed by atoms with Gasteiger partial charge < -0.3 is 29.2 Å². The Morgan fingerprint density at radius 2 is 1.54 bits per heavy atom. The second kappa shape index (κ2) is 17.1. The molecule has 1 saturated heterocycles. The van der Waals surface area contributed by atoms with Crippen LogP contribution in [0.3, 0.4) is 0 Å². The summed E-state index contributed by atoms with van der Waals surface area (Å²) in [6.07, 6.45) is 0.486. The van der Waals surface area contributed by atoms with Crippen LogP contribution >= 0.6 is 0 Å². The van der Waals surface area contributed by atoms with Crippen LogP contribution in [0.4, 0.5) is 4.39 Å². The lowest BCUT2D eigenvalue weighted by atomic mass is 10.0. The highest BCUT2D eigenvalue weighted by atomic mass is 32.2. The van der Waals surface area contributed by atoms with Gasteiger partial charge in [0.05, 0.1) is 32.3 Å². The molecule has 0 saturated carbocycles. The van der Waals surface area contributed by atoms with Gasteiger partial charge in [0.2, 0.25) is 15.9 Å². The maximum atomic E-state index is 14.0. The summed E-state index contributed by atoms with van der Waals surface area (Å²) in [6, 6.07) is 24.9. The van der Waals surface area contributed by atoms with E-state index in [2.05, 4.69) is 5.32 Å². The summed E-state index contributed by atoms with van der Waals surface area (Å²) in [5.41, 5.74) is 2.09. The number of carbonyl (C=O) groups excluding carboxylic acids is 2. The SMILES string of the molecule is COc1ccc(CCNC(=O)[C@@H](c2ccccc2)N(Cc2ccc(F)cc2)C(=O)COc2ccc(S(=O)(=O)N3CCOCC3)cc2)cc1OC. The van der Waals surface area contributed by atoms with Gasteiger partial charge in [-0.3, -0.25) is 9.59 Å². The van der Waals surface area contributed by atoms with Crippen molar-refractivity contribution in [1.82, 2.24) is 14.5 Å². The van der Waals surface area contributed by atoms with Crippen LogP contribution in [0.1, 0.15) is 22.7 Å². The average molecular weight is 706 g/mol. The zero-order chi connectivity index (χ0) is 35.5. The van der Waals surface area contributed by atoms with Crippen molar-refractivity contribution in [3.05, 3.63) is 120 Å². The molecule has 264 valence electrons. The molecular weight excluding hydrogens is 665 g/mol. The highest BCUT2D eigenvalue weighted by Crippen LogP contribution is 2.28. The van der Waals surface area contributed by atoms with Crippen LogP contribution in [-0.2, 0) is 37.3 Å². The number of morpholine rings is 1. The van der Waals surface area contributed by atoms with E-state index in [0.717, 1.165) is 5.56 Å². The Kier molecular flexibility index (Phi) is 12.4. The Morgan fingerprint density at radius 1 is 0.880 bits per heavy atom. The summed E-state index contributed by atoms with van der Waals surface area (Å²) < 4.78 is 63.0. The van der Waals surface area contributed by atoms with Crippen LogP contribution in [0.5, 0.6) is 17.2 Å². The topological polar surface area (TPSA) is 124 Å². The minimum Gasteiger partial charge on any atom is -0.493 e. The number of benzene rings is 4. The molecule has 1 fully saturated rings. The van der Waals surface area contributed by atoms with Gasteiger partial charge in [-0.05, 0) is 71.6 Å². The smallest absolute Gasteiger partial charge is 0.261 e. The van der Waals surface area contributed by atoms with Gasteiger partial charge in [0.1, 0.15) is 17.6 Å². The summed E-state index contributed by atoms with van der Waals surface area (Å²) >= 11 is 0. The first-order valence-electron chi connectivity index (χ1n) is 16.1. The minimum absolute atomic E-state index is 0.0120. The molecule has 5 rings (SSSR count). The van der Waals surface area contributed by atoms with Crippen molar-refractivity contribution in [2.75, 3.05) is 53.7 Å². The molecule has 0 spiro atoms. The van der Waals surface area contributed by atoms with E-state index in [4.69, 9.17) is 18.9 Å². The van der Waals surface area contributed by atoms with Gasteiger partial charge in [-0.2, -0.15) is 4.31 Å². The Labute approximate surface area is 291 Å². The van der Waals surface area contributed by atoms with E-state index < -0.39 is 40.3 Å². The van der Waals surface area contributed by atoms with Crippen LogP contribution in [0, 0.1) is 5.82 Å². The number of ether oxygens (including phenoxy) is 4. The van der Waals surface area contributed by atoms with Crippen molar-refractivity contribution in [2.24, 2.45) is 0 Å². The van der Waals surface area contributed by atoms with Crippen LogP contribution in [-0.4, -0.2) is 83.1 Å². The van der Waals surface area contributed by atoms with Gasteiger partial charge in [0.25, 0.3) is 5.91 Å². The Hall–Kier alpha value is -4.98. The maximum absolute atomic E-state index is 14.0. The van der Waals surface area contributed by atoms with Crippen molar-refractivity contribution < 1.29 is 41.3 Å². The second-order valence-electron chi connectivity index (χ2n) is 11.5. The zero-order valence-corrected chi connectivity index (χ0v) is 28.7. The quantitative estimate of drug-likeness (QED) is 0.194. The highest BCUT2D eigenvalue weighted by Gasteiger charge is 2.32. The number of nitrogens with zero attached hydrogens (tertiary/aromatic N) is 2. The van der Waals surface area contributed by atoms with Gasteiger partial charge in [-0.25, -0.2) is 12.8 Å². The standard InChI is InChI=1S/C37H40FN3O8S/c1-46-33-17-10-27(24-34(33)47-2)18-19-39-37(43)36(29-6-4-3-5-7-29)41(25-28-8-11-30(38)12-9-28)35(42)26-49-31-13-15-32(16-14-31)50(44,45)40-20-22-48-23-21-40/h3-17,24,36H,18-23,25-26H2,1-2H3,(H,39,43)/t36-/m1/s1. The van der Waals surface area contributed by atoms with E-state index in [-0.39, 0.29) is 36.8 Å². The average Bonchev–Trinajstić information content (AvgIpc) is 3.15. The number of methoxy groups -OCH3 is 2. The summed E-state index contributed by atoms with van der Waals surface area (Å²) in [5.74, 6) is 0.0877. The van der Waals surface area contributed by atoms with Crippen LogP contribution in [0.15, 0.2) is 102 Å². The van der Waals surface area contributed by atoms with Gasteiger partial charge in [0.15, 0.2) is 18.1 Å². The van der Waals surface area contributed by atoms with Crippen molar-refractivity contribution in [3.63, 3.8) is 0 Å². The van der Waals surface area contributed by atoms with E-state index in [0.29, 0.717) is 42.3 Å². The van der Waals surface area contributed by atoms with Crippen molar-refractivity contribution in [1.29, 1.82) is 0 Å². The molecule has 13 heteroatoms. The number of sulfonamides is 1. The molecule has 1 heterocycles. The Bertz CT molecular complexity index is 1840. The number of hydrogen-bond donors (Lipinski definition) is 1. The molecule has 4 aromatic rings. The van der Waals surface area contributed by atoms with E-state index in [1.165, 1.54) is 45.6 Å². The fraction of sp³-hybridized carbons (Fsp3) is 0.297. The van der Waals surface area contributed by atoms with Crippen molar-refractivity contribution in [3.8, 4) is 17.2 Å².